The second-order valence-corrected chi connectivity index (χ2v) is 5.08. The van der Waals surface area contributed by atoms with E-state index in [1.807, 2.05) is 0 Å². The zero-order valence-corrected chi connectivity index (χ0v) is 10.6. The second-order valence-electron chi connectivity index (χ2n) is 3.32. The Kier molecular flexibility index (Phi) is 6.13. The standard InChI is InChI=1S/C11H17NO4S/c1-15-9-10-16-8-7-12-17(13,14)11-5-3-2-4-6-11/h2-6,12H,7-10H2,1H3. The Labute approximate surface area is 102 Å². The maximum absolute atomic E-state index is 11.7. The molecule has 0 fully saturated rings. The molecule has 0 aromatic heterocycles. The first kappa shape index (κ1) is 14.1. The third kappa shape index (κ3) is 5.27. The van der Waals surface area contributed by atoms with E-state index >= 15 is 0 Å². The maximum Gasteiger partial charge on any atom is 0.240 e. The van der Waals surface area contributed by atoms with Crippen LogP contribution in [0.5, 0.6) is 0 Å². The van der Waals surface area contributed by atoms with Crippen molar-refractivity contribution < 1.29 is 17.9 Å². The number of hydrogen-bond acceptors (Lipinski definition) is 4. The number of rotatable bonds is 8. The number of ether oxygens (including phenoxy) is 2. The molecule has 0 aliphatic heterocycles. The smallest absolute Gasteiger partial charge is 0.240 e. The molecule has 0 heterocycles. The van der Waals surface area contributed by atoms with Gasteiger partial charge in [0.1, 0.15) is 0 Å². The lowest BCUT2D eigenvalue weighted by Crippen LogP contribution is -2.27. The molecule has 1 N–H and O–H groups in total. The summed E-state index contributed by atoms with van der Waals surface area (Å²) in [4.78, 5) is 0.261. The van der Waals surface area contributed by atoms with Crippen LogP contribution in [0, 0.1) is 0 Å². The van der Waals surface area contributed by atoms with E-state index in [4.69, 9.17) is 9.47 Å². The quantitative estimate of drug-likeness (QED) is 0.695. The molecule has 0 bridgehead atoms. The summed E-state index contributed by atoms with van der Waals surface area (Å²) in [6, 6.07) is 8.24. The Hall–Kier alpha value is -0.950. The Morgan fingerprint density at radius 1 is 1.12 bits per heavy atom. The first-order valence-electron chi connectivity index (χ1n) is 5.28. The molecular weight excluding hydrogens is 242 g/mol. The van der Waals surface area contributed by atoms with Gasteiger partial charge in [0.2, 0.25) is 10.0 Å². The van der Waals surface area contributed by atoms with Gasteiger partial charge in [0.05, 0.1) is 24.7 Å². The summed E-state index contributed by atoms with van der Waals surface area (Å²) in [5.74, 6) is 0. The van der Waals surface area contributed by atoms with Crippen LogP contribution in [0.15, 0.2) is 35.2 Å². The molecule has 96 valence electrons. The van der Waals surface area contributed by atoms with Gasteiger partial charge in [0.15, 0.2) is 0 Å². The zero-order valence-electron chi connectivity index (χ0n) is 9.76. The average Bonchev–Trinajstić information content (AvgIpc) is 2.35. The summed E-state index contributed by atoms with van der Waals surface area (Å²) in [5.41, 5.74) is 0. The first-order chi connectivity index (χ1) is 8.17. The molecule has 5 nitrogen and oxygen atoms in total. The molecule has 0 amide bonds. The van der Waals surface area contributed by atoms with Gasteiger partial charge in [0, 0.05) is 13.7 Å². The minimum Gasteiger partial charge on any atom is -0.382 e. The average molecular weight is 259 g/mol. The van der Waals surface area contributed by atoms with Crippen molar-refractivity contribution in [3.63, 3.8) is 0 Å². The van der Waals surface area contributed by atoms with Crippen molar-refractivity contribution in [3.05, 3.63) is 30.3 Å². The van der Waals surface area contributed by atoms with Crippen molar-refractivity contribution in [2.24, 2.45) is 0 Å². The molecular formula is C11H17NO4S. The van der Waals surface area contributed by atoms with E-state index < -0.39 is 10.0 Å². The van der Waals surface area contributed by atoms with E-state index in [1.165, 1.54) is 0 Å². The minimum atomic E-state index is -3.41. The highest BCUT2D eigenvalue weighted by Crippen LogP contribution is 2.06. The van der Waals surface area contributed by atoms with Crippen LogP contribution in [0.25, 0.3) is 0 Å². The van der Waals surface area contributed by atoms with Crippen molar-refractivity contribution in [2.75, 3.05) is 33.5 Å². The Balaban J connectivity index is 2.31. The summed E-state index contributed by atoms with van der Waals surface area (Å²) in [6.45, 7) is 1.55. The zero-order chi connectivity index (χ0) is 12.6. The number of benzene rings is 1. The van der Waals surface area contributed by atoms with Crippen LogP contribution in [-0.4, -0.2) is 41.9 Å². The SMILES string of the molecule is COCCOCCNS(=O)(=O)c1ccccc1. The van der Waals surface area contributed by atoms with Crippen LogP contribution < -0.4 is 4.72 Å². The van der Waals surface area contributed by atoms with Gasteiger partial charge >= 0.3 is 0 Å². The van der Waals surface area contributed by atoms with Gasteiger partial charge in [-0.3, -0.25) is 0 Å². The topological polar surface area (TPSA) is 64.6 Å². The highest BCUT2D eigenvalue weighted by Gasteiger charge is 2.11. The van der Waals surface area contributed by atoms with Crippen LogP contribution in [0.1, 0.15) is 0 Å². The summed E-state index contributed by atoms with van der Waals surface area (Å²) >= 11 is 0. The molecule has 0 spiro atoms. The van der Waals surface area contributed by atoms with Crippen LogP contribution in [0.4, 0.5) is 0 Å². The molecule has 0 unspecified atom stereocenters. The van der Waals surface area contributed by atoms with Crippen molar-refractivity contribution in [1.82, 2.24) is 4.72 Å². The van der Waals surface area contributed by atoms with Crippen molar-refractivity contribution in [1.29, 1.82) is 0 Å². The Bertz CT molecular complexity index is 405. The van der Waals surface area contributed by atoms with Gasteiger partial charge in [0.25, 0.3) is 0 Å². The van der Waals surface area contributed by atoms with E-state index in [-0.39, 0.29) is 11.4 Å². The van der Waals surface area contributed by atoms with Crippen LogP contribution in [0.2, 0.25) is 0 Å². The summed E-state index contributed by atoms with van der Waals surface area (Å²) in [5, 5.41) is 0. The van der Waals surface area contributed by atoms with Crippen LogP contribution in [0.3, 0.4) is 0 Å². The fourth-order valence-electron chi connectivity index (χ4n) is 1.18. The predicted molar refractivity (Wildman–Crippen MR) is 64.3 cm³/mol. The number of nitrogens with one attached hydrogen (secondary N) is 1. The fourth-order valence-corrected chi connectivity index (χ4v) is 2.21. The van der Waals surface area contributed by atoms with Crippen molar-refractivity contribution >= 4 is 10.0 Å². The minimum absolute atomic E-state index is 0.251. The number of sulfonamides is 1. The number of hydrogen-bond donors (Lipinski definition) is 1. The lowest BCUT2D eigenvalue weighted by atomic mass is 10.4. The van der Waals surface area contributed by atoms with E-state index in [0.717, 1.165) is 0 Å². The van der Waals surface area contributed by atoms with Crippen LogP contribution >= 0.6 is 0 Å². The molecule has 1 aromatic carbocycles. The monoisotopic (exact) mass is 259 g/mol. The molecule has 1 aromatic rings. The molecule has 17 heavy (non-hydrogen) atoms. The molecule has 0 radical (unpaired) electrons. The van der Waals surface area contributed by atoms with Gasteiger partial charge < -0.3 is 9.47 Å². The normalized spacial score (nSPS) is 11.6. The van der Waals surface area contributed by atoms with Gasteiger partial charge in [-0.1, -0.05) is 18.2 Å². The van der Waals surface area contributed by atoms with Gasteiger partial charge in [-0.05, 0) is 12.1 Å². The largest absolute Gasteiger partial charge is 0.382 e. The van der Waals surface area contributed by atoms with Crippen LogP contribution in [-0.2, 0) is 19.5 Å². The van der Waals surface area contributed by atoms with Gasteiger partial charge in [-0.25, -0.2) is 13.1 Å². The first-order valence-corrected chi connectivity index (χ1v) is 6.76. The van der Waals surface area contributed by atoms with E-state index in [1.54, 1.807) is 37.4 Å². The highest BCUT2D eigenvalue weighted by atomic mass is 32.2. The Morgan fingerprint density at radius 3 is 2.47 bits per heavy atom. The molecule has 6 heteroatoms. The van der Waals surface area contributed by atoms with Gasteiger partial charge in [-0.15, -0.1) is 0 Å². The lowest BCUT2D eigenvalue weighted by Gasteiger charge is -2.07. The van der Waals surface area contributed by atoms with Crippen molar-refractivity contribution in [2.45, 2.75) is 4.90 Å². The molecule has 1 rings (SSSR count). The summed E-state index contributed by atoms with van der Waals surface area (Å²) in [6.07, 6.45) is 0. The number of methoxy groups -OCH3 is 1. The predicted octanol–water partition coefficient (Wildman–Crippen LogP) is 0.628. The van der Waals surface area contributed by atoms with E-state index in [9.17, 15) is 8.42 Å². The summed E-state index contributed by atoms with van der Waals surface area (Å²) in [7, 11) is -1.83. The van der Waals surface area contributed by atoms with E-state index in [0.29, 0.717) is 19.8 Å². The third-order valence-corrected chi connectivity index (χ3v) is 3.50. The molecule has 0 saturated heterocycles. The maximum atomic E-state index is 11.7. The third-order valence-electron chi connectivity index (χ3n) is 2.02. The molecule has 0 atom stereocenters. The summed E-state index contributed by atoms with van der Waals surface area (Å²) < 4.78 is 35.9. The second kappa shape index (κ2) is 7.39. The molecule has 0 aliphatic rings. The Morgan fingerprint density at radius 2 is 1.82 bits per heavy atom. The van der Waals surface area contributed by atoms with Crippen molar-refractivity contribution in [3.8, 4) is 0 Å². The molecule has 0 saturated carbocycles. The van der Waals surface area contributed by atoms with Gasteiger partial charge in [-0.2, -0.15) is 0 Å². The highest BCUT2D eigenvalue weighted by molar-refractivity contribution is 7.89. The fraction of sp³-hybridized carbons (Fsp3) is 0.455. The molecule has 0 aliphatic carbocycles. The van der Waals surface area contributed by atoms with E-state index in [2.05, 4.69) is 4.72 Å². The lowest BCUT2D eigenvalue weighted by molar-refractivity contribution is 0.0736.